The molecule has 0 spiro atoms. The lowest BCUT2D eigenvalue weighted by Gasteiger charge is -2.28. The van der Waals surface area contributed by atoms with Crippen molar-refractivity contribution in [2.75, 3.05) is 43.1 Å². The van der Waals surface area contributed by atoms with Gasteiger partial charge in [0.15, 0.2) is 0 Å². The van der Waals surface area contributed by atoms with E-state index in [9.17, 15) is 4.79 Å². The molecule has 2 aromatic carbocycles. The number of morpholine rings is 1. The summed E-state index contributed by atoms with van der Waals surface area (Å²) in [6.07, 6.45) is 1.64. The third kappa shape index (κ3) is 5.04. The van der Waals surface area contributed by atoms with Crippen LogP contribution in [-0.2, 0) is 9.53 Å². The summed E-state index contributed by atoms with van der Waals surface area (Å²) in [7, 11) is 0. The Kier molecular flexibility index (Phi) is 6.24. The van der Waals surface area contributed by atoms with Gasteiger partial charge in [0.25, 0.3) is 0 Å². The summed E-state index contributed by atoms with van der Waals surface area (Å²) < 4.78 is 11.0. The fourth-order valence-electron chi connectivity index (χ4n) is 3.46. The molecule has 1 aromatic heterocycles. The van der Waals surface area contributed by atoms with Gasteiger partial charge in [-0.25, -0.2) is 0 Å². The number of hydrogen-bond acceptors (Lipinski definition) is 5. The Bertz CT molecular complexity index is 889. The van der Waals surface area contributed by atoms with Gasteiger partial charge in [0.1, 0.15) is 5.76 Å². The number of benzene rings is 2. The fourth-order valence-corrected chi connectivity index (χ4v) is 3.46. The number of ether oxygens (including phenoxy) is 1. The van der Waals surface area contributed by atoms with Crippen molar-refractivity contribution in [2.24, 2.45) is 0 Å². The molecule has 4 rings (SSSR count). The van der Waals surface area contributed by atoms with Gasteiger partial charge in [-0.15, -0.1) is 0 Å². The highest BCUT2D eigenvalue weighted by molar-refractivity contribution is 5.92. The van der Waals surface area contributed by atoms with Crippen molar-refractivity contribution >= 4 is 17.3 Å². The van der Waals surface area contributed by atoms with Crippen LogP contribution >= 0.6 is 0 Å². The van der Waals surface area contributed by atoms with Crippen LogP contribution in [0.25, 0.3) is 0 Å². The Labute approximate surface area is 170 Å². The fraction of sp³-hybridized carbons (Fsp3) is 0.261. The minimum absolute atomic E-state index is 0.100. The first-order valence-electron chi connectivity index (χ1n) is 9.84. The number of nitrogens with zero attached hydrogens (tertiary/aromatic N) is 1. The lowest BCUT2D eigenvalue weighted by atomic mass is 10.0. The Balaban J connectivity index is 1.35. The van der Waals surface area contributed by atoms with Crippen LogP contribution in [0.3, 0.4) is 0 Å². The summed E-state index contributed by atoms with van der Waals surface area (Å²) in [6, 6.07) is 21.5. The van der Waals surface area contributed by atoms with Crippen LogP contribution in [0.1, 0.15) is 17.4 Å². The zero-order chi connectivity index (χ0) is 19.9. The van der Waals surface area contributed by atoms with E-state index in [0.29, 0.717) is 0 Å². The van der Waals surface area contributed by atoms with Gasteiger partial charge in [0.05, 0.1) is 32.1 Å². The molecule has 2 N–H and O–H groups in total. The van der Waals surface area contributed by atoms with E-state index in [4.69, 9.17) is 9.15 Å². The second kappa shape index (κ2) is 9.41. The average Bonchev–Trinajstić information content (AvgIpc) is 3.30. The maximum atomic E-state index is 12.5. The van der Waals surface area contributed by atoms with Gasteiger partial charge in [-0.2, -0.15) is 0 Å². The monoisotopic (exact) mass is 391 g/mol. The molecule has 0 unspecified atom stereocenters. The van der Waals surface area contributed by atoms with Crippen molar-refractivity contribution in [3.63, 3.8) is 0 Å². The molecule has 2 heterocycles. The first kappa shape index (κ1) is 19.2. The van der Waals surface area contributed by atoms with Gasteiger partial charge in [0.2, 0.25) is 5.91 Å². The number of carbonyl (C=O) groups is 1. The summed E-state index contributed by atoms with van der Waals surface area (Å²) in [5.74, 6) is 0.676. The molecule has 1 aliphatic heterocycles. The van der Waals surface area contributed by atoms with Gasteiger partial charge in [-0.05, 0) is 42.0 Å². The molecule has 6 nitrogen and oxygen atoms in total. The highest BCUT2D eigenvalue weighted by atomic mass is 16.5. The van der Waals surface area contributed by atoms with E-state index in [1.165, 1.54) is 0 Å². The van der Waals surface area contributed by atoms with Crippen LogP contribution in [0, 0.1) is 0 Å². The minimum Gasteiger partial charge on any atom is -0.467 e. The number of hydrogen-bond donors (Lipinski definition) is 2. The molecule has 1 saturated heterocycles. The Morgan fingerprint density at radius 2 is 1.72 bits per heavy atom. The standard InChI is InChI=1S/C23H25N3O3/c27-22(25-19-8-10-20(11-9-19)26-12-15-28-16-13-26)17-24-23(21-7-4-14-29-21)18-5-2-1-3-6-18/h1-11,14,23-24H,12-13,15-17H2,(H,25,27)/t23-/m0/s1. The summed E-state index contributed by atoms with van der Waals surface area (Å²) in [4.78, 5) is 14.8. The number of rotatable bonds is 7. The highest BCUT2D eigenvalue weighted by Crippen LogP contribution is 2.22. The zero-order valence-corrected chi connectivity index (χ0v) is 16.2. The first-order valence-corrected chi connectivity index (χ1v) is 9.84. The molecular formula is C23H25N3O3. The zero-order valence-electron chi connectivity index (χ0n) is 16.2. The topological polar surface area (TPSA) is 66.7 Å². The molecule has 150 valence electrons. The van der Waals surface area contributed by atoms with Crippen molar-refractivity contribution < 1.29 is 13.9 Å². The third-order valence-electron chi connectivity index (χ3n) is 4.95. The summed E-state index contributed by atoms with van der Waals surface area (Å²) in [6.45, 7) is 3.46. The minimum atomic E-state index is -0.180. The van der Waals surface area contributed by atoms with E-state index < -0.39 is 0 Å². The van der Waals surface area contributed by atoms with E-state index in [1.807, 2.05) is 66.7 Å². The molecule has 0 bridgehead atoms. The smallest absolute Gasteiger partial charge is 0.238 e. The van der Waals surface area contributed by atoms with Gasteiger partial charge in [-0.3, -0.25) is 10.1 Å². The van der Waals surface area contributed by atoms with E-state index >= 15 is 0 Å². The van der Waals surface area contributed by atoms with Crippen LogP contribution < -0.4 is 15.5 Å². The van der Waals surface area contributed by atoms with Crippen molar-refractivity contribution in [3.05, 3.63) is 84.3 Å². The molecule has 0 saturated carbocycles. The van der Waals surface area contributed by atoms with Gasteiger partial charge >= 0.3 is 0 Å². The number of amides is 1. The number of nitrogens with one attached hydrogen (secondary N) is 2. The predicted molar refractivity (Wildman–Crippen MR) is 113 cm³/mol. The molecule has 6 heteroatoms. The van der Waals surface area contributed by atoms with Crippen LogP contribution in [-0.4, -0.2) is 38.8 Å². The molecule has 3 aromatic rings. The maximum Gasteiger partial charge on any atom is 0.238 e. The Morgan fingerprint density at radius 3 is 2.41 bits per heavy atom. The quantitative estimate of drug-likeness (QED) is 0.646. The second-order valence-corrected chi connectivity index (χ2v) is 6.93. The summed E-state index contributed by atoms with van der Waals surface area (Å²) in [5, 5.41) is 6.24. The van der Waals surface area contributed by atoms with E-state index in [0.717, 1.165) is 49.0 Å². The van der Waals surface area contributed by atoms with Crippen LogP contribution in [0.4, 0.5) is 11.4 Å². The molecule has 1 amide bonds. The molecule has 0 aliphatic carbocycles. The third-order valence-corrected chi connectivity index (χ3v) is 4.95. The van der Waals surface area contributed by atoms with Crippen LogP contribution in [0.5, 0.6) is 0 Å². The molecule has 1 fully saturated rings. The maximum absolute atomic E-state index is 12.5. The van der Waals surface area contributed by atoms with E-state index in [1.54, 1.807) is 6.26 Å². The van der Waals surface area contributed by atoms with Crippen LogP contribution in [0.15, 0.2) is 77.4 Å². The summed E-state index contributed by atoms with van der Waals surface area (Å²) in [5.41, 5.74) is 2.97. The van der Waals surface area contributed by atoms with Gasteiger partial charge in [-0.1, -0.05) is 30.3 Å². The predicted octanol–water partition coefficient (Wildman–Crippen LogP) is 3.43. The number of carbonyl (C=O) groups excluding carboxylic acids is 1. The van der Waals surface area contributed by atoms with E-state index in [-0.39, 0.29) is 18.5 Å². The Hall–Kier alpha value is -3.09. The molecule has 1 atom stereocenters. The van der Waals surface area contributed by atoms with Crippen molar-refractivity contribution in [1.29, 1.82) is 0 Å². The van der Waals surface area contributed by atoms with E-state index in [2.05, 4.69) is 15.5 Å². The van der Waals surface area contributed by atoms with Gasteiger partial charge in [0, 0.05) is 24.5 Å². The molecule has 29 heavy (non-hydrogen) atoms. The normalized spacial score (nSPS) is 15.1. The largest absolute Gasteiger partial charge is 0.467 e. The number of furan rings is 1. The Morgan fingerprint density at radius 1 is 0.966 bits per heavy atom. The molecular weight excluding hydrogens is 366 g/mol. The average molecular weight is 391 g/mol. The van der Waals surface area contributed by atoms with Crippen molar-refractivity contribution in [2.45, 2.75) is 6.04 Å². The van der Waals surface area contributed by atoms with Crippen LogP contribution in [0.2, 0.25) is 0 Å². The molecule has 0 radical (unpaired) electrons. The lowest BCUT2D eigenvalue weighted by Crippen LogP contribution is -2.36. The summed E-state index contributed by atoms with van der Waals surface area (Å²) >= 11 is 0. The number of anilines is 2. The molecule has 1 aliphatic rings. The SMILES string of the molecule is O=C(CN[C@@H](c1ccccc1)c1ccco1)Nc1ccc(N2CCOCC2)cc1. The van der Waals surface area contributed by atoms with Crippen molar-refractivity contribution in [3.8, 4) is 0 Å². The second-order valence-electron chi connectivity index (χ2n) is 6.93. The first-order chi connectivity index (χ1) is 14.3. The highest BCUT2D eigenvalue weighted by Gasteiger charge is 2.17. The van der Waals surface area contributed by atoms with Gasteiger partial charge < -0.3 is 19.4 Å². The van der Waals surface area contributed by atoms with Crippen molar-refractivity contribution in [1.82, 2.24) is 5.32 Å². The lowest BCUT2D eigenvalue weighted by molar-refractivity contribution is -0.115.